The Balaban J connectivity index is 0.000000753. The van der Waals surface area contributed by atoms with Crippen molar-refractivity contribution in [2.75, 3.05) is 18.0 Å². The summed E-state index contributed by atoms with van der Waals surface area (Å²) in [4.78, 5) is 7.89. The molecule has 1 saturated heterocycles. The zero-order valence-electron chi connectivity index (χ0n) is 14.0. The minimum atomic E-state index is 0.703. The fourth-order valence-electron chi connectivity index (χ4n) is 2.99. The SMILES string of the molecule is CC.Cc1nnc2sc3c(N4CCCC4)ncc(Cl)c3c2c1C. The van der Waals surface area contributed by atoms with Crippen molar-refractivity contribution in [3.8, 4) is 0 Å². The lowest BCUT2D eigenvalue weighted by Gasteiger charge is -2.17. The lowest BCUT2D eigenvalue weighted by atomic mass is 10.1. The summed E-state index contributed by atoms with van der Waals surface area (Å²) in [5.41, 5.74) is 2.12. The molecule has 1 aliphatic heterocycles. The second-order valence-corrected chi connectivity index (χ2v) is 6.93. The van der Waals surface area contributed by atoms with Gasteiger partial charge in [0.25, 0.3) is 0 Å². The molecule has 0 radical (unpaired) electrons. The molecular formula is C17H21ClN4S. The third-order valence-corrected chi connectivity index (χ3v) is 5.60. The number of rotatable bonds is 1. The van der Waals surface area contributed by atoms with Crippen LogP contribution in [0.25, 0.3) is 20.3 Å². The number of fused-ring (bicyclic) bond motifs is 3. The predicted molar refractivity (Wildman–Crippen MR) is 100.0 cm³/mol. The van der Waals surface area contributed by atoms with Crippen LogP contribution < -0.4 is 4.90 Å². The quantitative estimate of drug-likeness (QED) is 0.610. The Morgan fingerprint density at radius 1 is 1.09 bits per heavy atom. The molecule has 0 atom stereocenters. The number of hydrogen-bond donors (Lipinski definition) is 0. The van der Waals surface area contributed by atoms with Crippen LogP contribution in [-0.4, -0.2) is 28.3 Å². The molecule has 1 fully saturated rings. The van der Waals surface area contributed by atoms with E-state index >= 15 is 0 Å². The van der Waals surface area contributed by atoms with Crippen LogP contribution in [0.2, 0.25) is 5.02 Å². The molecule has 3 aromatic rings. The molecule has 4 heterocycles. The Labute approximate surface area is 145 Å². The van der Waals surface area contributed by atoms with E-state index in [1.54, 1.807) is 17.5 Å². The summed E-state index contributed by atoms with van der Waals surface area (Å²) in [6.07, 6.45) is 4.24. The van der Waals surface area contributed by atoms with E-state index in [1.807, 2.05) is 20.8 Å². The number of halogens is 1. The smallest absolute Gasteiger partial charge is 0.147 e. The van der Waals surface area contributed by atoms with Gasteiger partial charge in [0.1, 0.15) is 10.6 Å². The molecule has 4 rings (SSSR count). The van der Waals surface area contributed by atoms with Crippen molar-refractivity contribution in [2.24, 2.45) is 0 Å². The molecule has 122 valence electrons. The third kappa shape index (κ3) is 2.66. The largest absolute Gasteiger partial charge is 0.355 e. The van der Waals surface area contributed by atoms with Crippen LogP contribution in [0.15, 0.2) is 6.20 Å². The topological polar surface area (TPSA) is 41.9 Å². The summed E-state index contributed by atoms with van der Waals surface area (Å²) in [5.74, 6) is 1.05. The minimum Gasteiger partial charge on any atom is -0.355 e. The van der Waals surface area contributed by atoms with Gasteiger partial charge in [-0.15, -0.1) is 16.4 Å². The maximum atomic E-state index is 6.46. The Kier molecular flexibility index (Phi) is 4.69. The standard InChI is InChI=1S/C15H15ClN4S.C2H6/c1-8-9(2)18-19-15-11(8)12-10(16)7-17-14(13(12)21-15)20-5-3-4-6-20;1-2/h7H,3-6H2,1-2H3;1-2H3. The number of thiophene rings is 1. The summed E-state index contributed by atoms with van der Waals surface area (Å²) in [7, 11) is 0. The molecule has 0 saturated carbocycles. The molecule has 0 aliphatic carbocycles. The van der Waals surface area contributed by atoms with E-state index in [-0.39, 0.29) is 0 Å². The van der Waals surface area contributed by atoms with Crippen LogP contribution in [0.5, 0.6) is 0 Å². The second kappa shape index (κ2) is 6.57. The molecule has 1 aliphatic rings. The fourth-order valence-corrected chi connectivity index (χ4v) is 4.51. The number of hydrogen-bond acceptors (Lipinski definition) is 5. The van der Waals surface area contributed by atoms with Gasteiger partial charge in [0.15, 0.2) is 0 Å². The van der Waals surface area contributed by atoms with Gasteiger partial charge in [-0.25, -0.2) is 4.98 Å². The van der Waals surface area contributed by atoms with E-state index in [2.05, 4.69) is 27.0 Å². The zero-order valence-corrected chi connectivity index (χ0v) is 15.6. The lowest BCUT2D eigenvalue weighted by Crippen LogP contribution is -2.18. The van der Waals surface area contributed by atoms with Gasteiger partial charge in [-0.05, 0) is 32.3 Å². The van der Waals surface area contributed by atoms with Crippen molar-refractivity contribution in [3.63, 3.8) is 0 Å². The molecule has 0 N–H and O–H groups in total. The summed E-state index contributed by atoms with van der Waals surface area (Å²) in [5, 5.41) is 11.5. The fraction of sp³-hybridized carbons (Fsp3) is 0.471. The first-order valence-corrected chi connectivity index (χ1v) is 9.32. The van der Waals surface area contributed by atoms with Crippen molar-refractivity contribution < 1.29 is 0 Å². The van der Waals surface area contributed by atoms with Crippen LogP contribution in [0.4, 0.5) is 5.82 Å². The van der Waals surface area contributed by atoms with Crippen molar-refractivity contribution in [1.29, 1.82) is 0 Å². The van der Waals surface area contributed by atoms with Crippen molar-refractivity contribution in [1.82, 2.24) is 15.2 Å². The maximum absolute atomic E-state index is 6.46. The monoisotopic (exact) mass is 348 g/mol. The normalized spacial score (nSPS) is 14.4. The molecule has 0 spiro atoms. The Hall–Kier alpha value is -1.46. The van der Waals surface area contributed by atoms with Crippen LogP contribution in [0.3, 0.4) is 0 Å². The molecular weight excluding hydrogens is 328 g/mol. The number of anilines is 1. The van der Waals surface area contributed by atoms with Crippen molar-refractivity contribution in [2.45, 2.75) is 40.5 Å². The molecule has 6 heteroatoms. The summed E-state index contributed by atoms with van der Waals surface area (Å²) >= 11 is 8.11. The van der Waals surface area contributed by atoms with E-state index in [0.29, 0.717) is 5.02 Å². The molecule has 3 aromatic heterocycles. The van der Waals surface area contributed by atoms with Gasteiger partial charge in [-0.2, -0.15) is 5.10 Å². The summed E-state index contributed by atoms with van der Waals surface area (Å²) < 4.78 is 1.14. The van der Waals surface area contributed by atoms with Gasteiger partial charge in [-0.3, -0.25) is 0 Å². The second-order valence-electron chi connectivity index (χ2n) is 5.52. The first-order chi connectivity index (χ1) is 11.2. The summed E-state index contributed by atoms with van der Waals surface area (Å²) in [6.45, 7) is 10.2. The highest BCUT2D eigenvalue weighted by Crippen LogP contribution is 2.43. The average Bonchev–Trinajstić information content (AvgIpc) is 3.21. The zero-order chi connectivity index (χ0) is 16.6. The third-order valence-electron chi connectivity index (χ3n) is 4.25. The van der Waals surface area contributed by atoms with E-state index in [4.69, 9.17) is 11.6 Å². The van der Waals surface area contributed by atoms with E-state index in [0.717, 1.165) is 50.5 Å². The van der Waals surface area contributed by atoms with Gasteiger partial charge in [0.2, 0.25) is 0 Å². The Bertz CT molecular complexity index is 853. The highest BCUT2D eigenvalue weighted by atomic mass is 35.5. The molecule has 4 nitrogen and oxygen atoms in total. The maximum Gasteiger partial charge on any atom is 0.147 e. The van der Waals surface area contributed by atoms with Gasteiger partial charge < -0.3 is 4.90 Å². The molecule has 0 amide bonds. The number of aromatic nitrogens is 3. The number of nitrogens with zero attached hydrogens (tertiary/aromatic N) is 4. The first-order valence-electron chi connectivity index (χ1n) is 8.12. The number of pyridine rings is 1. The van der Waals surface area contributed by atoms with Crippen molar-refractivity contribution >= 4 is 49.1 Å². The molecule has 23 heavy (non-hydrogen) atoms. The van der Waals surface area contributed by atoms with Crippen LogP contribution >= 0.6 is 22.9 Å². The minimum absolute atomic E-state index is 0.703. The van der Waals surface area contributed by atoms with Crippen LogP contribution in [0, 0.1) is 13.8 Å². The van der Waals surface area contributed by atoms with Crippen LogP contribution in [-0.2, 0) is 0 Å². The summed E-state index contributed by atoms with van der Waals surface area (Å²) in [6, 6.07) is 0. The molecule has 0 bridgehead atoms. The lowest BCUT2D eigenvalue weighted by molar-refractivity contribution is 0.947. The molecule has 0 unspecified atom stereocenters. The Morgan fingerprint density at radius 2 is 1.78 bits per heavy atom. The average molecular weight is 349 g/mol. The van der Waals surface area contributed by atoms with Gasteiger partial charge in [0, 0.05) is 30.1 Å². The van der Waals surface area contributed by atoms with E-state index in [1.165, 1.54) is 12.8 Å². The van der Waals surface area contributed by atoms with Crippen LogP contribution in [0.1, 0.15) is 37.9 Å². The van der Waals surface area contributed by atoms with Gasteiger partial charge in [-0.1, -0.05) is 25.4 Å². The van der Waals surface area contributed by atoms with Gasteiger partial charge >= 0.3 is 0 Å². The first kappa shape index (κ1) is 16.4. The van der Waals surface area contributed by atoms with Crippen molar-refractivity contribution in [3.05, 3.63) is 22.5 Å². The molecule has 0 aromatic carbocycles. The predicted octanol–water partition coefficient (Wildman–Crippen LogP) is 5.14. The van der Waals surface area contributed by atoms with Gasteiger partial charge in [0.05, 0.1) is 15.4 Å². The highest BCUT2D eigenvalue weighted by molar-refractivity contribution is 7.26. The Morgan fingerprint density at radius 3 is 2.48 bits per heavy atom. The number of aryl methyl sites for hydroxylation is 2. The highest BCUT2D eigenvalue weighted by Gasteiger charge is 2.22. The van der Waals surface area contributed by atoms with E-state index in [9.17, 15) is 0 Å². The van der Waals surface area contributed by atoms with E-state index < -0.39 is 0 Å².